The number of anilines is 1. The van der Waals surface area contributed by atoms with Crippen molar-refractivity contribution in [2.45, 2.75) is 24.9 Å². The smallest absolute Gasteiger partial charge is 0.270 e. The van der Waals surface area contributed by atoms with Gasteiger partial charge in [-0.3, -0.25) is 15.6 Å². The molecule has 1 heterocycles. The van der Waals surface area contributed by atoms with E-state index in [-0.39, 0.29) is 11.5 Å². The van der Waals surface area contributed by atoms with Crippen LogP contribution in [0.5, 0.6) is 0 Å². The normalized spacial score (nSPS) is 16.8. The fourth-order valence-electron chi connectivity index (χ4n) is 2.00. The van der Waals surface area contributed by atoms with Crippen molar-refractivity contribution >= 4 is 11.6 Å². The molecule has 98 valence electrons. The maximum absolute atomic E-state index is 11.9. The van der Waals surface area contributed by atoms with Crippen LogP contribution in [0.1, 0.15) is 29.8 Å². The molecule has 1 aliphatic rings. The van der Waals surface area contributed by atoms with E-state index < -0.39 is 0 Å². The molecule has 1 aromatic rings. The minimum absolute atomic E-state index is 0.181. The Morgan fingerprint density at radius 2 is 2.39 bits per heavy atom. The number of methoxy groups -OCH3 is 1. The van der Waals surface area contributed by atoms with Crippen molar-refractivity contribution in [2.24, 2.45) is 5.84 Å². The number of nitrogen functional groups attached to an aromatic ring is 1. The van der Waals surface area contributed by atoms with Crippen molar-refractivity contribution in [2.75, 3.05) is 19.1 Å². The molecular weight excluding hydrogens is 232 g/mol. The van der Waals surface area contributed by atoms with Gasteiger partial charge >= 0.3 is 0 Å². The van der Waals surface area contributed by atoms with Gasteiger partial charge in [0.2, 0.25) is 0 Å². The Morgan fingerprint density at radius 3 is 2.94 bits per heavy atom. The van der Waals surface area contributed by atoms with E-state index >= 15 is 0 Å². The first-order valence-corrected chi connectivity index (χ1v) is 5.95. The van der Waals surface area contributed by atoms with Gasteiger partial charge in [-0.15, -0.1) is 0 Å². The lowest BCUT2D eigenvalue weighted by atomic mass is 9.80. The molecule has 18 heavy (non-hydrogen) atoms. The number of pyridine rings is 1. The number of nitrogens with one attached hydrogen (secondary N) is 2. The number of nitrogens with zero attached hydrogens (tertiary/aromatic N) is 1. The Hall–Kier alpha value is -1.66. The molecule has 1 aromatic heterocycles. The molecule has 0 atom stereocenters. The third-order valence-corrected chi connectivity index (χ3v) is 3.43. The molecule has 1 amide bonds. The van der Waals surface area contributed by atoms with Crippen molar-refractivity contribution < 1.29 is 9.53 Å². The van der Waals surface area contributed by atoms with E-state index in [1.165, 1.54) is 0 Å². The standard InChI is InChI=1S/C12H18N4O2/c1-18-12(4-2-5-12)8-15-11(17)10-7-9(16-13)3-6-14-10/h3,6-7H,2,4-5,8,13H2,1H3,(H,14,16)(H,15,17). The SMILES string of the molecule is COC1(CNC(=O)c2cc(NN)ccn2)CCC1. The maximum atomic E-state index is 11.9. The molecule has 1 aliphatic carbocycles. The highest BCUT2D eigenvalue weighted by Crippen LogP contribution is 2.34. The zero-order valence-corrected chi connectivity index (χ0v) is 10.4. The number of ether oxygens (including phenoxy) is 1. The summed E-state index contributed by atoms with van der Waals surface area (Å²) in [6, 6.07) is 3.30. The van der Waals surface area contributed by atoms with E-state index in [0.717, 1.165) is 19.3 Å². The highest BCUT2D eigenvalue weighted by atomic mass is 16.5. The van der Waals surface area contributed by atoms with Gasteiger partial charge in [0.15, 0.2) is 0 Å². The number of rotatable bonds is 5. The first kappa shape index (κ1) is 12.8. The minimum Gasteiger partial charge on any atom is -0.376 e. The third-order valence-electron chi connectivity index (χ3n) is 3.43. The summed E-state index contributed by atoms with van der Waals surface area (Å²) in [6.07, 6.45) is 4.66. The van der Waals surface area contributed by atoms with Crippen molar-refractivity contribution in [1.82, 2.24) is 10.3 Å². The van der Waals surface area contributed by atoms with E-state index in [1.807, 2.05) is 0 Å². The third kappa shape index (κ3) is 2.60. The van der Waals surface area contributed by atoms with E-state index in [9.17, 15) is 4.79 Å². The van der Waals surface area contributed by atoms with Crippen LogP contribution in [0.4, 0.5) is 5.69 Å². The van der Waals surface area contributed by atoms with E-state index in [1.54, 1.807) is 25.4 Å². The second kappa shape index (κ2) is 5.32. The lowest BCUT2D eigenvalue weighted by Gasteiger charge is -2.40. The number of carbonyl (C=O) groups excluding carboxylic acids is 1. The van der Waals surface area contributed by atoms with Crippen LogP contribution >= 0.6 is 0 Å². The van der Waals surface area contributed by atoms with Gasteiger partial charge in [-0.1, -0.05) is 0 Å². The predicted molar refractivity (Wildman–Crippen MR) is 68.0 cm³/mol. The quantitative estimate of drug-likeness (QED) is 0.528. The molecule has 2 rings (SSSR count). The Labute approximate surface area is 106 Å². The van der Waals surface area contributed by atoms with Crippen molar-refractivity contribution in [3.63, 3.8) is 0 Å². The molecule has 0 aliphatic heterocycles. The van der Waals surface area contributed by atoms with Crippen LogP contribution < -0.4 is 16.6 Å². The molecule has 0 aromatic carbocycles. The van der Waals surface area contributed by atoms with Crippen LogP contribution in [-0.2, 0) is 4.74 Å². The number of hydrogen-bond acceptors (Lipinski definition) is 5. The highest BCUT2D eigenvalue weighted by molar-refractivity contribution is 5.93. The lowest BCUT2D eigenvalue weighted by Crippen LogP contribution is -2.49. The zero-order valence-electron chi connectivity index (χ0n) is 10.4. The Kier molecular flexibility index (Phi) is 3.78. The number of hydrogen-bond donors (Lipinski definition) is 3. The Morgan fingerprint density at radius 1 is 1.61 bits per heavy atom. The average molecular weight is 250 g/mol. The maximum Gasteiger partial charge on any atom is 0.270 e. The van der Waals surface area contributed by atoms with Crippen LogP contribution in [0.3, 0.4) is 0 Å². The van der Waals surface area contributed by atoms with Crippen LogP contribution in [0.25, 0.3) is 0 Å². The summed E-state index contributed by atoms with van der Waals surface area (Å²) in [4.78, 5) is 15.9. The van der Waals surface area contributed by atoms with Crippen LogP contribution in [0.15, 0.2) is 18.3 Å². The summed E-state index contributed by atoms with van der Waals surface area (Å²) in [6.45, 7) is 0.518. The van der Waals surface area contributed by atoms with E-state index in [0.29, 0.717) is 17.9 Å². The number of nitrogens with two attached hydrogens (primary N) is 1. The minimum atomic E-state index is -0.213. The molecule has 6 nitrogen and oxygen atoms in total. The molecule has 1 fully saturated rings. The van der Waals surface area contributed by atoms with E-state index in [4.69, 9.17) is 10.6 Å². The molecule has 1 saturated carbocycles. The monoisotopic (exact) mass is 250 g/mol. The number of amides is 1. The topological polar surface area (TPSA) is 89.3 Å². The van der Waals surface area contributed by atoms with Crippen LogP contribution in [-0.4, -0.2) is 30.1 Å². The molecule has 0 spiro atoms. The lowest BCUT2D eigenvalue weighted by molar-refractivity contribution is -0.0679. The Bertz CT molecular complexity index is 426. The largest absolute Gasteiger partial charge is 0.376 e. The molecule has 0 radical (unpaired) electrons. The molecule has 4 N–H and O–H groups in total. The summed E-state index contributed by atoms with van der Waals surface area (Å²) in [7, 11) is 1.68. The molecule has 0 unspecified atom stereocenters. The van der Waals surface area contributed by atoms with Gasteiger partial charge in [-0.05, 0) is 31.4 Å². The fourth-order valence-corrected chi connectivity index (χ4v) is 2.00. The van der Waals surface area contributed by atoms with Gasteiger partial charge in [0.25, 0.3) is 5.91 Å². The summed E-state index contributed by atoms with van der Waals surface area (Å²) >= 11 is 0. The second-order valence-corrected chi connectivity index (χ2v) is 4.50. The zero-order chi connectivity index (χ0) is 13.0. The second-order valence-electron chi connectivity index (χ2n) is 4.50. The van der Waals surface area contributed by atoms with E-state index in [2.05, 4.69) is 15.7 Å². The van der Waals surface area contributed by atoms with Crippen molar-refractivity contribution in [3.8, 4) is 0 Å². The van der Waals surface area contributed by atoms with Crippen molar-refractivity contribution in [3.05, 3.63) is 24.0 Å². The average Bonchev–Trinajstić information content (AvgIpc) is 2.38. The first-order chi connectivity index (χ1) is 8.69. The molecular formula is C12H18N4O2. The number of carbonyl (C=O) groups is 1. The molecule has 6 heteroatoms. The van der Waals surface area contributed by atoms with Gasteiger partial charge in [0, 0.05) is 19.9 Å². The molecule has 0 bridgehead atoms. The Balaban J connectivity index is 1.95. The fraction of sp³-hybridized carbons (Fsp3) is 0.500. The van der Waals surface area contributed by atoms with Crippen LogP contribution in [0.2, 0.25) is 0 Å². The predicted octanol–water partition coefficient (Wildman–Crippen LogP) is 0.666. The van der Waals surface area contributed by atoms with Gasteiger partial charge < -0.3 is 15.5 Å². The van der Waals surface area contributed by atoms with Gasteiger partial charge in [0.05, 0.1) is 11.3 Å². The van der Waals surface area contributed by atoms with Gasteiger partial charge in [-0.25, -0.2) is 0 Å². The summed E-state index contributed by atoms with van der Waals surface area (Å²) in [5.74, 6) is 5.07. The summed E-state index contributed by atoms with van der Waals surface area (Å²) < 4.78 is 5.44. The van der Waals surface area contributed by atoms with Crippen LogP contribution in [0, 0.1) is 0 Å². The van der Waals surface area contributed by atoms with Gasteiger partial charge in [0.1, 0.15) is 5.69 Å². The number of aromatic nitrogens is 1. The first-order valence-electron chi connectivity index (χ1n) is 5.95. The number of hydrazine groups is 1. The van der Waals surface area contributed by atoms with Gasteiger partial charge in [-0.2, -0.15) is 0 Å². The highest BCUT2D eigenvalue weighted by Gasteiger charge is 2.37. The molecule has 0 saturated heterocycles. The summed E-state index contributed by atoms with van der Waals surface area (Å²) in [5.41, 5.74) is 3.30. The van der Waals surface area contributed by atoms with Crippen molar-refractivity contribution in [1.29, 1.82) is 0 Å². The summed E-state index contributed by atoms with van der Waals surface area (Å²) in [5, 5.41) is 2.85.